The molecular weight excluding hydrogens is 801 g/mol. The lowest BCUT2D eigenvalue weighted by atomic mass is 10.0. The van der Waals surface area contributed by atoms with Crippen molar-refractivity contribution >= 4 is 64.5 Å². The maximum atomic E-state index is 13.5. The van der Waals surface area contributed by atoms with Gasteiger partial charge in [0.1, 0.15) is 23.4 Å². The van der Waals surface area contributed by atoms with Gasteiger partial charge in [-0.3, -0.25) is 48.2 Å². The number of ether oxygens (including phenoxy) is 2. The molecule has 2 fully saturated rings. The average molecular weight is 843 g/mol. The normalized spacial score (nSPS) is 16.8. The minimum atomic E-state index is -1.08. The molecule has 3 aliphatic heterocycles. The van der Waals surface area contributed by atoms with Gasteiger partial charge in [0.25, 0.3) is 35.4 Å². The number of carbonyl (C=O) groups excluding carboxylic acids is 8. The molecule has 0 bridgehead atoms. The number of anilines is 3. The van der Waals surface area contributed by atoms with Crippen LogP contribution in [0.1, 0.15) is 79.1 Å². The summed E-state index contributed by atoms with van der Waals surface area (Å²) in [4.78, 5) is 110. The maximum Gasteiger partial charge on any atom is 0.264 e. The molecule has 0 radical (unpaired) electrons. The number of amides is 8. The van der Waals surface area contributed by atoms with Crippen molar-refractivity contribution in [3.63, 3.8) is 0 Å². The lowest BCUT2D eigenvalue weighted by Gasteiger charge is -2.32. The largest absolute Gasteiger partial charge is 0.492 e. The first-order chi connectivity index (χ1) is 29.9. The second kappa shape index (κ2) is 17.5. The average Bonchev–Trinajstić information content (AvgIpc) is 4.09. The number of hydrogen-bond donors (Lipinski definition) is 4. The molecule has 1 aliphatic carbocycles. The molecule has 1 saturated carbocycles. The number of hydrogen-bond acceptors (Lipinski definition) is 12. The zero-order valence-corrected chi connectivity index (χ0v) is 33.6. The third kappa shape index (κ3) is 8.79. The number of pyridine rings is 1. The van der Waals surface area contributed by atoms with Crippen LogP contribution < -0.4 is 30.7 Å². The van der Waals surface area contributed by atoms with Crippen LogP contribution in [-0.2, 0) is 25.7 Å². The summed E-state index contributed by atoms with van der Waals surface area (Å²) in [6, 6.07) is 19.0. The molecule has 0 spiro atoms. The molecule has 3 aromatic carbocycles. The van der Waals surface area contributed by atoms with Crippen molar-refractivity contribution in [2.24, 2.45) is 0 Å². The fourth-order valence-electron chi connectivity index (χ4n) is 7.41. The Kier molecular flexibility index (Phi) is 11.6. The Labute approximate surface area is 354 Å². The highest BCUT2D eigenvalue weighted by Crippen LogP contribution is 2.35. The second-order valence-electron chi connectivity index (χ2n) is 15.2. The lowest BCUT2D eigenvalue weighted by Crippen LogP contribution is -2.54. The number of likely N-dealkylation sites (tertiary alicyclic amines) is 1. The van der Waals surface area contributed by atoms with Crippen LogP contribution in [0.5, 0.6) is 11.5 Å². The van der Waals surface area contributed by atoms with Gasteiger partial charge in [-0.25, -0.2) is 4.98 Å². The molecule has 1 saturated heterocycles. The molecule has 4 aromatic rings. The van der Waals surface area contributed by atoms with Crippen LogP contribution in [0.15, 0.2) is 79.0 Å². The Morgan fingerprint density at radius 3 is 2.48 bits per heavy atom. The summed E-state index contributed by atoms with van der Waals surface area (Å²) in [6.45, 7) is 0.631. The molecule has 318 valence electrons. The Bertz CT molecular complexity index is 2490. The smallest absolute Gasteiger partial charge is 0.264 e. The zero-order valence-electron chi connectivity index (χ0n) is 33.6. The summed E-state index contributed by atoms with van der Waals surface area (Å²) >= 11 is 0. The van der Waals surface area contributed by atoms with Gasteiger partial charge in [-0.1, -0.05) is 18.2 Å². The molecule has 1 unspecified atom stereocenters. The topological polar surface area (TPSA) is 226 Å². The molecule has 18 nitrogen and oxygen atoms in total. The molecule has 18 heteroatoms. The highest BCUT2D eigenvalue weighted by atomic mass is 16.5. The van der Waals surface area contributed by atoms with Gasteiger partial charge in [-0.15, -0.1) is 0 Å². The maximum absolute atomic E-state index is 13.5. The van der Waals surface area contributed by atoms with E-state index in [2.05, 4.69) is 26.3 Å². The summed E-state index contributed by atoms with van der Waals surface area (Å²) in [6.07, 6.45) is 3.84. The summed E-state index contributed by atoms with van der Waals surface area (Å²) in [5.74, 6) is -2.14. The zero-order chi connectivity index (χ0) is 43.5. The molecule has 4 N–H and O–H groups in total. The van der Waals surface area contributed by atoms with E-state index in [-0.39, 0.29) is 91.5 Å². The molecule has 4 aliphatic rings. The third-order valence-corrected chi connectivity index (χ3v) is 10.9. The number of piperidine rings is 1. The van der Waals surface area contributed by atoms with Gasteiger partial charge in [0, 0.05) is 49.4 Å². The van der Waals surface area contributed by atoms with Gasteiger partial charge in [-0.2, -0.15) is 0 Å². The molecule has 4 heterocycles. The van der Waals surface area contributed by atoms with Gasteiger partial charge < -0.3 is 35.6 Å². The first-order valence-corrected chi connectivity index (χ1v) is 20.1. The quantitative estimate of drug-likeness (QED) is 0.100. The summed E-state index contributed by atoms with van der Waals surface area (Å²) in [7, 11) is 1.32. The standard InChI is InChI=1S/C44H42N8O10/c1-50-38(55)17-15-33(43(50)59)52-42(58)30-4-2-5-32(39(30)44(52)60)46-22-36(53)45-18-3-19-61-29-13-16-35(47-21-29)49-40(56)26-8-6-25(7-9-26)23-51(28-11-12-28)41(57)27-10-14-31-34(20-27)62-24-37(54)48-31/h2,4-10,13-14,16,20-21,28,33,46H,3,11-12,15,17-19,22-24H2,1H3,(H,45,53)(H,48,54)(H,47,49,56). The highest BCUT2D eigenvalue weighted by molar-refractivity contribution is 6.25. The SMILES string of the molecule is CN1C(=O)CCC(N2C(=O)c3cccc(NCC(=O)NCCCOc4ccc(NC(=O)c5ccc(CN(C(=O)c6ccc7c(c6)OCC(=O)N7)C6CC6)cc5)nc4)c3C2=O)C1=O. The molecule has 62 heavy (non-hydrogen) atoms. The van der Waals surface area contributed by atoms with Crippen molar-refractivity contribution < 1.29 is 47.8 Å². The van der Waals surface area contributed by atoms with E-state index in [0.717, 1.165) is 28.2 Å². The fraction of sp³-hybridized carbons (Fsp3) is 0.295. The Morgan fingerprint density at radius 1 is 0.935 bits per heavy atom. The van der Waals surface area contributed by atoms with Gasteiger partial charge in [0.15, 0.2) is 6.61 Å². The van der Waals surface area contributed by atoms with E-state index in [0.29, 0.717) is 47.1 Å². The number of nitrogens with zero attached hydrogens (tertiary/aromatic N) is 4. The lowest BCUT2D eigenvalue weighted by molar-refractivity contribution is -0.149. The summed E-state index contributed by atoms with van der Waals surface area (Å²) in [5.41, 5.74) is 2.73. The predicted octanol–water partition coefficient (Wildman–Crippen LogP) is 3.21. The molecule has 1 aromatic heterocycles. The van der Waals surface area contributed by atoms with Crippen LogP contribution in [-0.4, -0.2) is 112 Å². The number of carbonyl (C=O) groups is 8. The van der Waals surface area contributed by atoms with Crippen LogP contribution in [0.4, 0.5) is 17.2 Å². The van der Waals surface area contributed by atoms with E-state index in [1.807, 2.05) is 17.0 Å². The number of rotatable bonds is 15. The van der Waals surface area contributed by atoms with Crippen molar-refractivity contribution in [3.8, 4) is 11.5 Å². The minimum Gasteiger partial charge on any atom is -0.492 e. The van der Waals surface area contributed by atoms with Gasteiger partial charge >= 0.3 is 0 Å². The second-order valence-corrected chi connectivity index (χ2v) is 15.2. The van der Waals surface area contributed by atoms with Crippen LogP contribution in [0, 0.1) is 0 Å². The van der Waals surface area contributed by atoms with E-state index in [4.69, 9.17) is 9.47 Å². The van der Waals surface area contributed by atoms with Crippen molar-refractivity contribution in [2.75, 3.05) is 49.3 Å². The molecular formula is C44H42N8O10. The number of nitrogens with one attached hydrogen (secondary N) is 4. The van der Waals surface area contributed by atoms with Crippen molar-refractivity contribution in [3.05, 3.63) is 107 Å². The Hall–Kier alpha value is -7.63. The van der Waals surface area contributed by atoms with Crippen LogP contribution in [0.3, 0.4) is 0 Å². The van der Waals surface area contributed by atoms with Crippen LogP contribution in [0.2, 0.25) is 0 Å². The number of aromatic nitrogens is 1. The van der Waals surface area contributed by atoms with Crippen LogP contribution in [0.25, 0.3) is 0 Å². The third-order valence-electron chi connectivity index (χ3n) is 10.9. The van der Waals surface area contributed by atoms with Crippen molar-refractivity contribution in [2.45, 2.75) is 50.7 Å². The molecule has 8 amide bonds. The number of imide groups is 2. The monoisotopic (exact) mass is 842 g/mol. The van der Waals surface area contributed by atoms with E-state index >= 15 is 0 Å². The van der Waals surface area contributed by atoms with E-state index < -0.39 is 23.8 Å². The van der Waals surface area contributed by atoms with Crippen LogP contribution >= 0.6 is 0 Å². The molecule has 1 atom stereocenters. The Morgan fingerprint density at radius 2 is 1.73 bits per heavy atom. The first-order valence-electron chi connectivity index (χ1n) is 20.1. The van der Waals surface area contributed by atoms with Gasteiger partial charge in [-0.05, 0) is 85.8 Å². The van der Waals surface area contributed by atoms with E-state index in [9.17, 15) is 38.4 Å². The van der Waals surface area contributed by atoms with E-state index in [1.165, 1.54) is 19.3 Å². The van der Waals surface area contributed by atoms with Crippen molar-refractivity contribution in [1.29, 1.82) is 0 Å². The minimum absolute atomic E-state index is 0.0339. The number of likely N-dealkylation sites (N-methyl/N-ethyl adjacent to an activating group) is 1. The van der Waals surface area contributed by atoms with E-state index in [1.54, 1.807) is 54.6 Å². The Balaban J connectivity index is 0.753. The number of fused-ring (bicyclic) bond motifs is 2. The summed E-state index contributed by atoms with van der Waals surface area (Å²) < 4.78 is 11.2. The van der Waals surface area contributed by atoms with Crippen molar-refractivity contribution in [1.82, 2.24) is 25.0 Å². The highest BCUT2D eigenvalue weighted by Gasteiger charge is 2.47. The summed E-state index contributed by atoms with van der Waals surface area (Å²) in [5, 5.41) is 11.2. The first kappa shape index (κ1) is 41.1. The molecule has 8 rings (SSSR count). The number of benzene rings is 3. The fourth-order valence-corrected chi connectivity index (χ4v) is 7.41. The predicted molar refractivity (Wildman–Crippen MR) is 221 cm³/mol. The van der Waals surface area contributed by atoms with Gasteiger partial charge in [0.05, 0.1) is 36.2 Å². The van der Waals surface area contributed by atoms with Gasteiger partial charge in [0.2, 0.25) is 11.8 Å².